The second-order valence-corrected chi connectivity index (χ2v) is 4.48. The molecule has 3 N–H and O–H groups in total. The number of hydrogen-bond acceptors (Lipinski definition) is 4. The average Bonchev–Trinajstić information content (AvgIpc) is 2.47. The molecule has 1 unspecified atom stereocenters. The summed E-state index contributed by atoms with van der Waals surface area (Å²) >= 11 is 0. The van der Waals surface area contributed by atoms with Gasteiger partial charge in [-0.3, -0.25) is 4.79 Å². The van der Waals surface area contributed by atoms with E-state index in [0.29, 0.717) is 18.9 Å². The Labute approximate surface area is 118 Å². The summed E-state index contributed by atoms with van der Waals surface area (Å²) in [6.45, 7) is 3.48. The maximum atomic E-state index is 12.1. The summed E-state index contributed by atoms with van der Waals surface area (Å²) < 4.78 is 10.6. The van der Waals surface area contributed by atoms with Crippen molar-refractivity contribution < 1.29 is 14.3 Å². The van der Waals surface area contributed by atoms with Gasteiger partial charge in [-0.25, -0.2) is 0 Å². The summed E-state index contributed by atoms with van der Waals surface area (Å²) in [5.41, 5.74) is 7.83. The van der Waals surface area contributed by atoms with Crippen LogP contribution in [-0.2, 0) is 14.3 Å². The van der Waals surface area contributed by atoms with Crippen LogP contribution >= 0.6 is 0 Å². The van der Waals surface area contributed by atoms with E-state index in [4.69, 9.17) is 15.2 Å². The van der Waals surface area contributed by atoms with Gasteiger partial charge in [-0.15, -0.1) is 0 Å². The number of carbonyl (C=O) groups is 1. The van der Waals surface area contributed by atoms with Gasteiger partial charge in [0.15, 0.2) is 6.10 Å². The van der Waals surface area contributed by atoms with Gasteiger partial charge >= 0.3 is 0 Å². The minimum atomic E-state index is -0.570. The standard InChI is InChI=1S/C15H18N2O3/c1-11-4-5-12(3-2-6-16)13(9-11)17-15(18)14-10-19-7-8-20-14/h4-5,9,14H,6-8,10,16H2,1H3,(H,17,18). The number of carbonyl (C=O) groups excluding carboxylic acids is 1. The van der Waals surface area contributed by atoms with E-state index in [1.54, 1.807) is 0 Å². The third-order valence-corrected chi connectivity index (χ3v) is 2.87. The Kier molecular flexibility index (Phi) is 5.13. The highest BCUT2D eigenvalue weighted by Crippen LogP contribution is 2.17. The van der Waals surface area contributed by atoms with Gasteiger partial charge in [0.1, 0.15) is 0 Å². The van der Waals surface area contributed by atoms with E-state index >= 15 is 0 Å². The van der Waals surface area contributed by atoms with Crippen LogP contribution in [0.15, 0.2) is 18.2 Å². The number of aryl methyl sites for hydroxylation is 1. The highest BCUT2D eigenvalue weighted by molar-refractivity contribution is 5.95. The molecule has 0 aromatic heterocycles. The molecule has 1 aromatic rings. The Morgan fingerprint density at radius 2 is 2.35 bits per heavy atom. The molecule has 1 saturated heterocycles. The Balaban J connectivity index is 2.14. The summed E-state index contributed by atoms with van der Waals surface area (Å²) in [5, 5.41) is 2.84. The van der Waals surface area contributed by atoms with Crippen LogP contribution in [0, 0.1) is 18.8 Å². The molecule has 0 spiro atoms. The molecule has 0 bridgehead atoms. The first kappa shape index (κ1) is 14.5. The van der Waals surface area contributed by atoms with Crippen molar-refractivity contribution in [2.45, 2.75) is 13.0 Å². The second-order valence-electron chi connectivity index (χ2n) is 4.48. The zero-order valence-electron chi connectivity index (χ0n) is 11.4. The number of ether oxygens (including phenoxy) is 2. The topological polar surface area (TPSA) is 73.6 Å². The number of amides is 1. The average molecular weight is 274 g/mol. The monoisotopic (exact) mass is 274 g/mol. The summed E-state index contributed by atoms with van der Waals surface area (Å²) in [4.78, 5) is 12.1. The van der Waals surface area contributed by atoms with Crippen LogP contribution in [0.4, 0.5) is 5.69 Å². The van der Waals surface area contributed by atoms with E-state index < -0.39 is 6.10 Å². The molecule has 0 radical (unpaired) electrons. The third-order valence-electron chi connectivity index (χ3n) is 2.87. The van der Waals surface area contributed by atoms with Crippen molar-refractivity contribution in [1.29, 1.82) is 0 Å². The van der Waals surface area contributed by atoms with Crippen molar-refractivity contribution in [2.75, 3.05) is 31.7 Å². The van der Waals surface area contributed by atoms with Crippen molar-refractivity contribution in [2.24, 2.45) is 5.73 Å². The molecular weight excluding hydrogens is 256 g/mol. The Hall–Kier alpha value is -1.87. The molecule has 1 heterocycles. The number of rotatable bonds is 2. The van der Waals surface area contributed by atoms with Crippen LogP contribution in [0.5, 0.6) is 0 Å². The SMILES string of the molecule is Cc1ccc(C#CCN)c(NC(=O)C2COCCO2)c1. The quantitative estimate of drug-likeness (QED) is 0.777. The largest absolute Gasteiger partial charge is 0.376 e. The van der Waals surface area contributed by atoms with E-state index in [1.165, 1.54) is 0 Å². The van der Waals surface area contributed by atoms with Crippen molar-refractivity contribution in [1.82, 2.24) is 0 Å². The first-order valence-corrected chi connectivity index (χ1v) is 6.50. The van der Waals surface area contributed by atoms with E-state index in [2.05, 4.69) is 17.2 Å². The van der Waals surface area contributed by atoms with Crippen molar-refractivity contribution in [3.8, 4) is 11.8 Å². The molecule has 20 heavy (non-hydrogen) atoms. The predicted octanol–water partition coefficient (Wildman–Crippen LogP) is 0.659. The first-order valence-electron chi connectivity index (χ1n) is 6.50. The van der Waals surface area contributed by atoms with Crippen LogP contribution in [0.1, 0.15) is 11.1 Å². The van der Waals surface area contributed by atoms with Gasteiger partial charge in [0.25, 0.3) is 5.91 Å². The van der Waals surface area contributed by atoms with Crippen molar-refractivity contribution >= 4 is 11.6 Å². The van der Waals surface area contributed by atoms with Crippen LogP contribution in [0.2, 0.25) is 0 Å². The summed E-state index contributed by atoms with van der Waals surface area (Å²) in [5.74, 6) is 5.52. The van der Waals surface area contributed by atoms with Crippen LogP contribution in [0.25, 0.3) is 0 Å². The lowest BCUT2D eigenvalue weighted by Gasteiger charge is -2.22. The van der Waals surface area contributed by atoms with Gasteiger partial charge < -0.3 is 20.5 Å². The van der Waals surface area contributed by atoms with Gasteiger partial charge in [0.05, 0.1) is 32.1 Å². The van der Waals surface area contributed by atoms with E-state index in [1.807, 2.05) is 25.1 Å². The predicted molar refractivity (Wildman–Crippen MR) is 76.3 cm³/mol. The fourth-order valence-corrected chi connectivity index (χ4v) is 1.87. The fraction of sp³-hybridized carbons (Fsp3) is 0.400. The highest BCUT2D eigenvalue weighted by atomic mass is 16.6. The van der Waals surface area contributed by atoms with Crippen LogP contribution in [0.3, 0.4) is 0 Å². The summed E-state index contributed by atoms with van der Waals surface area (Å²) in [6, 6.07) is 5.68. The molecule has 1 aliphatic rings. The van der Waals surface area contributed by atoms with Gasteiger partial charge in [0, 0.05) is 5.56 Å². The number of nitrogens with one attached hydrogen (secondary N) is 1. The number of nitrogens with two attached hydrogens (primary N) is 1. The molecule has 1 amide bonds. The van der Waals surface area contributed by atoms with E-state index in [9.17, 15) is 4.79 Å². The lowest BCUT2D eigenvalue weighted by molar-refractivity contribution is -0.142. The lowest BCUT2D eigenvalue weighted by Crippen LogP contribution is -2.39. The second kappa shape index (κ2) is 7.06. The molecule has 1 aliphatic heterocycles. The fourth-order valence-electron chi connectivity index (χ4n) is 1.87. The molecular formula is C15H18N2O3. The molecule has 5 heteroatoms. The molecule has 0 aliphatic carbocycles. The van der Waals surface area contributed by atoms with Gasteiger partial charge in [-0.2, -0.15) is 0 Å². The minimum absolute atomic E-state index is 0.217. The number of anilines is 1. The Bertz CT molecular complexity index is 540. The zero-order chi connectivity index (χ0) is 14.4. The Morgan fingerprint density at radius 3 is 3.05 bits per heavy atom. The van der Waals surface area contributed by atoms with Gasteiger partial charge in [-0.05, 0) is 24.6 Å². The van der Waals surface area contributed by atoms with Crippen molar-refractivity contribution in [3.63, 3.8) is 0 Å². The minimum Gasteiger partial charge on any atom is -0.376 e. The molecule has 106 valence electrons. The zero-order valence-corrected chi connectivity index (χ0v) is 11.4. The molecule has 1 atom stereocenters. The summed E-state index contributed by atoms with van der Waals surface area (Å²) in [7, 11) is 0. The van der Waals surface area contributed by atoms with Gasteiger partial charge in [0.2, 0.25) is 0 Å². The van der Waals surface area contributed by atoms with E-state index in [-0.39, 0.29) is 19.1 Å². The van der Waals surface area contributed by atoms with Crippen molar-refractivity contribution in [3.05, 3.63) is 29.3 Å². The maximum Gasteiger partial charge on any atom is 0.255 e. The first-order chi connectivity index (χ1) is 9.70. The molecule has 1 aromatic carbocycles. The molecule has 1 fully saturated rings. The highest BCUT2D eigenvalue weighted by Gasteiger charge is 2.23. The lowest BCUT2D eigenvalue weighted by atomic mass is 10.1. The Morgan fingerprint density at radius 1 is 1.50 bits per heavy atom. The number of benzene rings is 1. The summed E-state index contributed by atoms with van der Waals surface area (Å²) in [6.07, 6.45) is -0.570. The van der Waals surface area contributed by atoms with Crippen LogP contribution < -0.4 is 11.1 Å². The smallest absolute Gasteiger partial charge is 0.255 e. The normalized spacial score (nSPS) is 18.0. The molecule has 5 nitrogen and oxygen atoms in total. The molecule has 0 saturated carbocycles. The molecule has 2 rings (SSSR count). The van der Waals surface area contributed by atoms with E-state index in [0.717, 1.165) is 11.1 Å². The maximum absolute atomic E-state index is 12.1. The van der Waals surface area contributed by atoms with Gasteiger partial charge in [-0.1, -0.05) is 17.9 Å². The third kappa shape index (κ3) is 3.81. The number of hydrogen-bond donors (Lipinski definition) is 2. The van der Waals surface area contributed by atoms with Crippen LogP contribution in [-0.4, -0.2) is 38.4 Å².